The van der Waals surface area contributed by atoms with Crippen molar-refractivity contribution in [1.82, 2.24) is 0 Å². The number of carbonyl (C=O) groups is 1. The van der Waals surface area contributed by atoms with E-state index < -0.39 is 21.6 Å². The van der Waals surface area contributed by atoms with Gasteiger partial charge in [-0.25, -0.2) is 12.8 Å². The first-order valence-corrected chi connectivity index (χ1v) is 9.75. The quantitative estimate of drug-likeness (QED) is 0.661. The number of anilines is 1. The molecule has 0 bridgehead atoms. The lowest BCUT2D eigenvalue weighted by Gasteiger charge is -2.13. The summed E-state index contributed by atoms with van der Waals surface area (Å²) < 4.78 is 41.3. The Morgan fingerprint density at radius 1 is 0.889 bits per heavy atom. The van der Waals surface area contributed by atoms with Gasteiger partial charge in [0.1, 0.15) is 5.82 Å². The molecule has 0 aromatic heterocycles. The number of rotatable bonds is 5. The molecule has 27 heavy (non-hydrogen) atoms. The van der Waals surface area contributed by atoms with Crippen LogP contribution in [0.5, 0.6) is 0 Å². The van der Waals surface area contributed by atoms with E-state index in [-0.39, 0.29) is 21.7 Å². The summed E-state index contributed by atoms with van der Waals surface area (Å²) in [5, 5.41) is 0. The summed E-state index contributed by atoms with van der Waals surface area (Å²) in [6, 6.07) is 16.5. The fourth-order valence-electron chi connectivity index (χ4n) is 2.64. The van der Waals surface area contributed by atoms with Gasteiger partial charge < -0.3 is 0 Å². The molecular weight excluding hydrogens is 365 g/mol. The van der Waals surface area contributed by atoms with E-state index in [4.69, 9.17) is 0 Å². The first-order chi connectivity index (χ1) is 12.8. The van der Waals surface area contributed by atoms with E-state index in [9.17, 15) is 17.6 Å². The number of ketones is 1. The van der Waals surface area contributed by atoms with Crippen LogP contribution in [0.1, 0.15) is 27.0 Å². The SMILES string of the molecule is Cc1ccc(S(=O)(=O)Nc2ccc(C)cc2C(=O)c2cccc(F)c2)cc1. The van der Waals surface area contributed by atoms with Crippen LogP contribution in [0.4, 0.5) is 10.1 Å². The van der Waals surface area contributed by atoms with Crippen molar-refractivity contribution < 1.29 is 17.6 Å². The third-order valence-corrected chi connectivity index (χ3v) is 5.46. The molecular formula is C21H18FNO3S. The summed E-state index contributed by atoms with van der Waals surface area (Å²) in [4.78, 5) is 12.9. The van der Waals surface area contributed by atoms with Crippen molar-refractivity contribution >= 4 is 21.5 Å². The first-order valence-electron chi connectivity index (χ1n) is 8.27. The average Bonchev–Trinajstić information content (AvgIpc) is 2.63. The van der Waals surface area contributed by atoms with Gasteiger partial charge in [0.25, 0.3) is 10.0 Å². The van der Waals surface area contributed by atoms with Gasteiger partial charge in [0.15, 0.2) is 5.78 Å². The van der Waals surface area contributed by atoms with Crippen LogP contribution in [0.25, 0.3) is 0 Å². The summed E-state index contributed by atoms with van der Waals surface area (Å²) in [5.74, 6) is -0.991. The van der Waals surface area contributed by atoms with Crippen LogP contribution in [0.15, 0.2) is 71.6 Å². The zero-order valence-corrected chi connectivity index (χ0v) is 15.7. The minimum Gasteiger partial charge on any atom is -0.289 e. The third kappa shape index (κ3) is 4.23. The molecule has 0 heterocycles. The van der Waals surface area contributed by atoms with Gasteiger partial charge in [0, 0.05) is 11.1 Å². The minimum absolute atomic E-state index is 0.0952. The van der Waals surface area contributed by atoms with Crippen LogP contribution in [-0.2, 0) is 10.0 Å². The second-order valence-corrected chi connectivity index (χ2v) is 7.99. The number of nitrogens with one attached hydrogen (secondary N) is 1. The molecule has 3 aromatic rings. The Morgan fingerprint density at radius 2 is 1.56 bits per heavy atom. The van der Waals surface area contributed by atoms with E-state index in [1.54, 1.807) is 31.2 Å². The van der Waals surface area contributed by atoms with Gasteiger partial charge in [0.2, 0.25) is 0 Å². The Balaban J connectivity index is 2.02. The fourth-order valence-corrected chi connectivity index (χ4v) is 3.72. The van der Waals surface area contributed by atoms with Crippen molar-refractivity contribution in [3.8, 4) is 0 Å². The Kier molecular flexibility index (Phi) is 5.10. The maximum atomic E-state index is 13.5. The minimum atomic E-state index is -3.87. The summed E-state index contributed by atoms with van der Waals surface area (Å²) in [5.41, 5.74) is 2.18. The van der Waals surface area contributed by atoms with Gasteiger partial charge in [-0.1, -0.05) is 41.5 Å². The molecule has 0 unspecified atom stereocenters. The lowest BCUT2D eigenvalue weighted by molar-refractivity contribution is 0.103. The number of hydrogen-bond acceptors (Lipinski definition) is 3. The molecule has 0 saturated heterocycles. The predicted molar refractivity (Wildman–Crippen MR) is 103 cm³/mol. The van der Waals surface area contributed by atoms with E-state index in [1.807, 2.05) is 6.92 Å². The maximum absolute atomic E-state index is 13.5. The highest BCUT2D eigenvalue weighted by molar-refractivity contribution is 7.92. The summed E-state index contributed by atoms with van der Waals surface area (Å²) >= 11 is 0. The second kappa shape index (κ2) is 7.32. The maximum Gasteiger partial charge on any atom is 0.261 e. The predicted octanol–water partition coefficient (Wildman–Crippen LogP) is 4.47. The van der Waals surface area contributed by atoms with Gasteiger partial charge in [-0.3, -0.25) is 9.52 Å². The molecule has 0 spiro atoms. The lowest BCUT2D eigenvalue weighted by Crippen LogP contribution is -2.16. The van der Waals surface area contributed by atoms with E-state index >= 15 is 0 Å². The van der Waals surface area contributed by atoms with Crippen molar-refractivity contribution in [2.45, 2.75) is 18.7 Å². The van der Waals surface area contributed by atoms with Gasteiger partial charge in [-0.05, 0) is 50.2 Å². The Hall–Kier alpha value is -2.99. The highest BCUT2D eigenvalue weighted by atomic mass is 32.2. The smallest absolute Gasteiger partial charge is 0.261 e. The third-order valence-electron chi connectivity index (χ3n) is 4.08. The van der Waals surface area contributed by atoms with E-state index in [1.165, 1.54) is 36.4 Å². The fraction of sp³-hybridized carbons (Fsp3) is 0.0952. The molecule has 0 radical (unpaired) electrons. The number of halogens is 1. The van der Waals surface area contributed by atoms with Crippen molar-refractivity contribution in [1.29, 1.82) is 0 Å². The number of hydrogen-bond donors (Lipinski definition) is 1. The van der Waals surface area contributed by atoms with E-state index in [2.05, 4.69) is 4.72 Å². The molecule has 1 N–H and O–H groups in total. The van der Waals surface area contributed by atoms with Crippen LogP contribution in [0.3, 0.4) is 0 Å². The summed E-state index contributed by atoms with van der Waals surface area (Å²) in [7, 11) is -3.87. The molecule has 3 rings (SSSR count). The van der Waals surface area contributed by atoms with Crippen molar-refractivity contribution in [3.63, 3.8) is 0 Å². The molecule has 138 valence electrons. The van der Waals surface area contributed by atoms with Crippen molar-refractivity contribution in [3.05, 3.63) is 94.8 Å². The van der Waals surface area contributed by atoms with Gasteiger partial charge in [-0.2, -0.15) is 0 Å². The molecule has 6 heteroatoms. The highest BCUT2D eigenvalue weighted by Crippen LogP contribution is 2.24. The van der Waals surface area contributed by atoms with E-state index in [0.717, 1.165) is 17.2 Å². The van der Waals surface area contributed by atoms with Crippen molar-refractivity contribution in [2.24, 2.45) is 0 Å². The number of aryl methyl sites for hydroxylation is 2. The Labute approximate surface area is 157 Å². The Morgan fingerprint density at radius 3 is 2.22 bits per heavy atom. The first kappa shape index (κ1) is 18.8. The average molecular weight is 383 g/mol. The highest BCUT2D eigenvalue weighted by Gasteiger charge is 2.20. The molecule has 3 aromatic carbocycles. The molecule has 4 nitrogen and oxygen atoms in total. The van der Waals surface area contributed by atoms with Gasteiger partial charge >= 0.3 is 0 Å². The van der Waals surface area contributed by atoms with Crippen LogP contribution in [0, 0.1) is 19.7 Å². The van der Waals surface area contributed by atoms with Gasteiger partial charge in [0.05, 0.1) is 10.6 Å². The summed E-state index contributed by atoms with van der Waals surface area (Å²) in [6.07, 6.45) is 0. The molecule has 0 aliphatic carbocycles. The molecule has 0 fully saturated rings. The van der Waals surface area contributed by atoms with Crippen molar-refractivity contribution in [2.75, 3.05) is 4.72 Å². The zero-order chi connectivity index (χ0) is 19.6. The Bertz CT molecular complexity index is 1110. The number of carbonyl (C=O) groups excluding carboxylic acids is 1. The summed E-state index contributed by atoms with van der Waals surface area (Å²) in [6.45, 7) is 3.65. The van der Waals surface area contributed by atoms with Crippen LogP contribution in [0.2, 0.25) is 0 Å². The van der Waals surface area contributed by atoms with Crippen LogP contribution in [-0.4, -0.2) is 14.2 Å². The van der Waals surface area contributed by atoms with Crippen LogP contribution < -0.4 is 4.72 Å². The largest absolute Gasteiger partial charge is 0.289 e. The molecule has 0 atom stereocenters. The van der Waals surface area contributed by atoms with Gasteiger partial charge in [-0.15, -0.1) is 0 Å². The number of sulfonamides is 1. The molecule has 0 aliphatic rings. The van der Waals surface area contributed by atoms with E-state index in [0.29, 0.717) is 0 Å². The monoisotopic (exact) mass is 383 g/mol. The molecule has 0 saturated carbocycles. The van der Waals surface area contributed by atoms with Crippen LogP contribution >= 0.6 is 0 Å². The lowest BCUT2D eigenvalue weighted by atomic mass is 10.00. The second-order valence-electron chi connectivity index (χ2n) is 6.31. The standard InChI is InChI=1S/C21H18FNO3S/c1-14-6-9-18(10-7-14)27(25,26)23-20-11-8-15(2)12-19(20)21(24)16-4-3-5-17(22)13-16/h3-13,23H,1-2H3. The molecule has 0 aliphatic heterocycles. The number of benzene rings is 3. The normalized spacial score (nSPS) is 11.2. The topological polar surface area (TPSA) is 63.2 Å². The molecule has 0 amide bonds. The zero-order valence-electron chi connectivity index (χ0n) is 14.9.